The molecule has 0 heterocycles. The van der Waals surface area contributed by atoms with Gasteiger partial charge in [-0.2, -0.15) is 0 Å². The molecule has 0 bridgehead atoms. The second kappa shape index (κ2) is 8.37. The van der Waals surface area contributed by atoms with Crippen molar-refractivity contribution in [2.24, 2.45) is 0 Å². The highest BCUT2D eigenvalue weighted by Gasteiger charge is 2.19. The molecule has 1 atom stereocenters. The van der Waals surface area contributed by atoms with Crippen LogP contribution in [0.5, 0.6) is 0 Å². The highest BCUT2D eigenvalue weighted by molar-refractivity contribution is 7.89. The second-order valence-corrected chi connectivity index (χ2v) is 8.26. The van der Waals surface area contributed by atoms with Crippen LogP contribution in [0.3, 0.4) is 0 Å². The summed E-state index contributed by atoms with van der Waals surface area (Å²) in [4.78, 5) is 12.5. The molecule has 0 fully saturated rings. The van der Waals surface area contributed by atoms with Gasteiger partial charge in [0, 0.05) is 17.3 Å². The minimum atomic E-state index is -3.70. The van der Waals surface area contributed by atoms with E-state index in [4.69, 9.17) is 0 Å². The Morgan fingerprint density at radius 1 is 0.857 bits per heavy atom. The molecule has 0 aromatic heterocycles. The maximum Gasteiger partial charge on any atom is 0.255 e. The normalized spacial score (nSPS) is 12.4. The molecule has 1 amide bonds. The van der Waals surface area contributed by atoms with E-state index in [1.165, 1.54) is 24.3 Å². The van der Waals surface area contributed by atoms with Crippen molar-refractivity contribution >= 4 is 21.6 Å². The number of hydrogen-bond donors (Lipinski definition) is 2. The van der Waals surface area contributed by atoms with E-state index in [0.717, 1.165) is 16.8 Å². The number of amides is 1. The van der Waals surface area contributed by atoms with E-state index in [2.05, 4.69) is 10.0 Å². The van der Waals surface area contributed by atoms with Crippen molar-refractivity contribution in [2.75, 3.05) is 5.32 Å². The summed E-state index contributed by atoms with van der Waals surface area (Å²) in [7, 11) is -3.70. The Bertz CT molecular complexity index is 1060. The van der Waals surface area contributed by atoms with Gasteiger partial charge in [0.05, 0.1) is 4.90 Å². The van der Waals surface area contributed by atoms with Crippen LogP contribution in [0.25, 0.3) is 0 Å². The van der Waals surface area contributed by atoms with Gasteiger partial charge in [-0.1, -0.05) is 48.5 Å². The molecule has 2 N–H and O–H groups in total. The predicted molar refractivity (Wildman–Crippen MR) is 111 cm³/mol. The smallest absolute Gasteiger partial charge is 0.255 e. The maximum atomic E-state index is 12.6. The van der Waals surface area contributed by atoms with E-state index in [-0.39, 0.29) is 16.8 Å². The number of aryl methyl sites for hydroxylation is 1. The molecule has 0 aliphatic carbocycles. The van der Waals surface area contributed by atoms with Crippen LogP contribution >= 0.6 is 0 Å². The van der Waals surface area contributed by atoms with Crippen LogP contribution < -0.4 is 10.0 Å². The van der Waals surface area contributed by atoms with Gasteiger partial charge >= 0.3 is 0 Å². The molecular weight excluding hydrogens is 372 g/mol. The molecule has 28 heavy (non-hydrogen) atoms. The van der Waals surface area contributed by atoms with Gasteiger partial charge in [-0.3, -0.25) is 4.79 Å². The summed E-state index contributed by atoms with van der Waals surface area (Å²) in [5, 5.41) is 2.83. The third-order valence-corrected chi connectivity index (χ3v) is 6.01. The van der Waals surface area contributed by atoms with Gasteiger partial charge in [-0.25, -0.2) is 13.1 Å². The van der Waals surface area contributed by atoms with Crippen molar-refractivity contribution in [3.05, 3.63) is 95.6 Å². The summed E-state index contributed by atoms with van der Waals surface area (Å²) in [6.07, 6.45) is 0. The van der Waals surface area contributed by atoms with Crippen LogP contribution in [0.2, 0.25) is 0 Å². The summed E-state index contributed by atoms with van der Waals surface area (Å²) in [5.41, 5.74) is 2.94. The quantitative estimate of drug-likeness (QED) is 0.655. The summed E-state index contributed by atoms with van der Waals surface area (Å²) in [6.45, 7) is 3.70. The summed E-state index contributed by atoms with van der Waals surface area (Å²) in [6, 6.07) is 22.3. The van der Waals surface area contributed by atoms with Gasteiger partial charge in [0.2, 0.25) is 10.0 Å². The van der Waals surface area contributed by atoms with Gasteiger partial charge in [-0.05, 0) is 55.3 Å². The SMILES string of the molecule is Cc1ccccc1NC(=O)c1ccc(S(=O)(=O)NC(C)c2ccccc2)cc1. The zero-order chi connectivity index (χ0) is 20.1. The van der Waals surface area contributed by atoms with Crippen LogP contribution in [-0.4, -0.2) is 14.3 Å². The molecule has 3 aromatic rings. The van der Waals surface area contributed by atoms with E-state index in [0.29, 0.717) is 5.56 Å². The van der Waals surface area contributed by atoms with Crippen molar-refractivity contribution in [1.82, 2.24) is 4.72 Å². The van der Waals surface area contributed by atoms with Gasteiger partial charge in [0.15, 0.2) is 0 Å². The Morgan fingerprint density at radius 2 is 1.46 bits per heavy atom. The number of para-hydroxylation sites is 1. The van der Waals surface area contributed by atoms with Crippen LogP contribution in [0.1, 0.15) is 34.5 Å². The van der Waals surface area contributed by atoms with Gasteiger partial charge in [0.1, 0.15) is 0 Å². The molecule has 144 valence electrons. The largest absolute Gasteiger partial charge is 0.322 e. The highest BCUT2D eigenvalue weighted by Crippen LogP contribution is 2.18. The number of anilines is 1. The number of hydrogen-bond acceptors (Lipinski definition) is 3. The summed E-state index contributed by atoms with van der Waals surface area (Å²) in [5.74, 6) is -0.288. The van der Waals surface area contributed by atoms with Gasteiger partial charge in [0.25, 0.3) is 5.91 Å². The number of benzene rings is 3. The molecule has 1 unspecified atom stereocenters. The first-order chi connectivity index (χ1) is 13.4. The standard InChI is InChI=1S/C22H22N2O3S/c1-16-8-6-7-11-21(16)23-22(25)19-12-14-20(15-13-19)28(26,27)24-17(2)18-9-4-3-5-10-18/h3-15,17,24H,1-2H3,(H,23,25). The minimum Gasteiger partial charge on any atom is -0.322 e. The Labute approximate surface area is 165 Å². The van der Waals surface area contributed by atoms with E-state index in [1.54, 1.807) is 6.92 Å². The number of carbonyl (C=O) groups excluding carboxylic acids is 1. The second-order valence-electron chi connectivity index (χ2n) is 6.55. The molecule has 0 aliphatic rings. The number of sulfonamides is 1. The van der Waals surface area contributed by atoms with Crippen LogP contribution in [0, 0.1) is 6.92 Å². The Morgan fingerprint density at radius 3 is 2.11 bits per heavy atom. The van der Waals surface area contributed by atoms with Crippen molar-refractivity contribution in [2.45, 2.75) is 24.8 Å². The average molecular weight is 394 g/mol. The molecule has 0 radical (unpaired) electrons. The average Bonchev–Trinajstić information content (AvgIpc) is 2.70. The molecule has 0 aliphatic heterocycles. The molecule has 0 saturated heterocycles. The van der Waals surface area contributed by atoms with Gasteiger partial charge < -0.3 is 5.32 Å². The van der Waals surface area contributed by atoms with Crippen LogP contribution in [0.15, 0.2) is 83.8 Å². The van der Waals surface area contributed by atoms with Crippen LogP contribution in [0.4, 0.5) is 5.69 Å². The Hall–Kier alpha value is -2.96. The monoisotopic (exact) mass is 394 g/mol. The first kappa shape index (κ1) is 19.8. The highest BCUT2D eigenvalue weighted by atomic mass is 32.2. The fourth-order valence-electron chi connectivity index (χ4n) is 2.80. The zero-order valence-corrected chi connectivity index (χ0v) is 16.5. The van der Waals surface area contributed by atoms with Crippen molar-refractivity contribution in [1.29, 1.82) is 0 Å². The molecule has 5 nitrogen and oxygen atoms in total. The lowest BCUT2D eigenvalue weighted by Crippen LogP contribution is -2.27. The fourth-order valence-corrected chi connectivity index (χ4v) is 4.04. The van der Waals surface area contributed by atoms with E-state index in [9.17, 15) is 13.2 Å². The lowest BCUT2D eigenvalue weighted by molar-refractivity contribution is 0.102. The fraction of sp³-hybridized carbons (Fsp3) is 0.136. The number of rotatable bonds is 6. The third kappa shape index (κ3) is 4.65. The van der Waals surface area contributed by atoms with E-state index >= 15 is 0 Å². The Kier molecular flexibility index (Phi) is 5.92. The maximum absolute atomic E-state index is 12.6. The molecule has 0 saturated carbocycles. The number of carbonyl (C=O) groups is 1. The van der Waals surface area contributed by atoms with Crippen LogP contribution in [-0.2, 0) is 10.0 Å². The summed E-state index contributed by atoms with van der Waals surface area (Å²) < 4.78 is 27.9. The van der Waals surface area contributed by atoms with Crippen molar-refractivity contribution in [3.63, 3.8) is 0 Å². The topological polar surface area (TPSA) is 75.3 Å². The molecule has 0 spiro atoms. The lowest BCUT2D eigenvalue weighted by atomic mass is 10.1. The predicted octanol–water partition coefficient (Wildman–Crippen LogP) is 4.29. The first-order valence-electron chi connectivity index (χ1n) is 8.91. The van der Waals surface area contributed by atoms with Crippen molar-refractivity contribution < 1.29 is 13.2 Å². The minimum absolute atomic E-state index is 0.114. The lowest BCUT2D eigenvalue weighted by Gasteiger charge is -2.15. The first-order valence-corrected chi connectivity index (χ1v) is 10.4. The van der Waals surface area contributed by atoms with E-state index in [1.807, 2.05) is 61.5 Å². The van der Waals surface area contributed by atoms with Crippen molar-refractivity contribution in [3.8, 4) is 0 Å². The molecular formula is C22H22N2O3S. The third-order valence-electron chi connectivity index (χ3n) is 4.45. The van der Waals surface area contributed by atoms with E-state index < -0.39 is 10.0 Å². The van der Waals surface area contributed by atoms with Gasteiger partial charge in [-0.15, -0.1) is 0 Å². The summed E-state index contributed by atoms with van der Waals surface area (Å²) >= 11 is 0. The molecule has 3 rings (SSSR count). The molecule has 3 aromatic carbocycles. The number of nitrogens with one attached hydrogen (secondary N) is 2. The Balaban J connectivity index is 1.72. The molecule has 6 heteroatoms. The zero-order valence-electron chi connectivity index (χ0n) is 15.7.